The van der Waals surface area contributed by atoms with Gasteiger partial charge in [-0.2, -0.15) is 0 Å². The van der Waals surface area contributed by atoms with Crippen LogP contribution in [-0.4, -0.2) is 11.9 Å². The molecule has 2 aromatic carbocycles. The fourth-order valence-corrected chi connectivity index (χ4v) is 3.40. The van der Waals surface area contributed by atoms with Crippen molar-refractivity contribution < 1.29 is 4.74 Å². The average Bonchev–Trinajstić information content (AvgIpc) is 2.86. The number of fused-ring (bicyclic) bond motifs is 1. The van der Waals surface area contributed by atoms with Crippen LogP contribution >= 0.6 is 35.0 Å². The average molecular weight is 311 g/mol. The van der Waals surface area contributed by atoms with Gasteiger partial charge in [0, 0.05) is 17.1 Å². The van der Waals surface area contributed by atoms with Gasteiger partial charge >= 0.3 is 0 Å². The summed E-state index contributed by atoms with van der Waals surface area (Å²) in [5.74, 6) is 1.67. The number of halogens is 2. The maximum atomic E-state index is 6.16. The Balaban J connectivity index is 1.66. The number of hydrogen-bond donors (Lipinski definition) is 0. The molecule has 3 rings (SSSR count). The van der Waals surface area contributed by atoms with Gasteiger partial charge in [-0.25, -0.2) is 0 Å². The highest BCUT2D eigenvalue weighted by atomic mass is 35.5. The van der Waals surface area contributed by atoms with Gasteiger partial charge < -0.3 is 4.74 Å². The van der Waals surface area contributed by atoms with Gasteiger partial charge in [-0.3, -0.25) is 0 Å². The molecule has 0 aromatic heterocycles. The normalized spacial score (nSPS) is 17.1. The van der Waals surface area contributed by atoms with E-state index in [-0.39, 0.29) is 6.10 Å². The van der Waals surface area contributed by atoms with E-state index in [1.165, 1.54) is 4.90 Å². The first-order chi connectivity index (χ1) is 9.24. The summed E-state index contributed by atoms with van der Waals surface area (Å²) in [7, 11) is 0. The third-order valence-electron chi connectivity index (χ3n) is 3.04. The minimum Gasteiger partial charge on any atom is -0.487 e. The van der Waals surface area contributed by atoms with Gasteiger partial charge in [-0.05, 0) is 23.8 Å². The summed E-state index contributed by atoms with van der Waals surface area (Å²) < 4.78 is 5.90. The van der Waals surface area contributed by atoms with Crippen LogP contribution in [0.1, 0.15) is 5.56 Å². The van der Waals surface area contributed by atoms with Gasteiger partial charge in [0.2, 0.25) is 0 Å². The van der Waals surface area contributed by atoms with Crippen LogP contribution in [0.2, 0.25) is 10.0 Å². The standard InChI is InChI=1S/C15H12Cl2OS/c16-13-7-6-10-8-11(18-15(10)14(13)17)9-19-12-4-2-1-3-5-12/h1-7,11H,8-9H2/t11-/m1/s1. The largest absolute Gasteiger partial charge is 0.487 e. The second-order valence-electron chi connectivity index (χ2n) is 4.42. The molecule has 0 aliphatic carbocycles. The van der Waals surface area contributed by atoms with Crippen molar-refractivity contribution >= 4 is 35.0 Å². The predicted molar refractivity (Wildman–Crippen MR) is 81.7 cm³/mol. The van der Waals surface area contributed by atoms with Crippen molar-refractivity contribution in [3.05, 3.63) is 58.1 Å². The Kier molecular flexibility index (Phi) is 3.92. The van der Waals surface area contributed by atoms with Gasteiger partial charge in [0.1, 0.15) is 16.9 Å². The minimum absolute atomic E-state index is 0.163. The zero-order valence-corrected chi connectivity index (χ0v) is 12.4. The van der Waals surface area contributed by atoms with Crippen LogP contribution in [0.5, 0.6) is 5.75 Å². The number of thioether (sulfide) groups is 1. The van der Waals surface area contributed by atoms with Crippen LogP contribution in [0.15, 0.2) is 47.4 Å². The molecule has 0 fully saturated rings. The summed E-state index contributed by atoms with van der Waals surface area (Å²) in [5.41, 5.74) is 1.15. The maximum Gasteiger partial charge on any atom is 0.143 e. The molecule has 1 heterocycles. The molecule has 0 saturated carbocycles. The molecule has 0 amide bonds. The molecule has 0 saturated heterocycles. The quantitative estimate of drug-likeness (QED) is 0.730. The number of benzene rings is 2. The van der Waals surface area contributed by atoms with E-state index in [1.807, 2.05) is 30.3 Å². The first kappa shape index (κ1) is 13.2. The van der Waals surface area contributed by atoms with Crippen LogP contribution in [0, 0.1) is 0 Å². The Bertz CT molecular complexity index is 586. The summed E-state index contributed by atoms with van der Waals surface area (Å²) in [6.07, 6.45) is 1.06. The number of ether oxygens (including phenoxy) is 1. The lowest BCUT2D eigenvalue weighted by Gasteiger charge is -2.10. The van der Waals surface area contributed by atoms with Crippen LogP contribution in [0.3, 0.4) is 0 Å². The van der Waals surface area contributed by atoms with E-state index in [1.54, 1.807) is 11.8 Å². The highest BCUT2D eigenvalue weighted by Gasteiger charge is 2.26. The van der Waals surface area contributed by atoms with Crippen molar-refractivity contribution in [1.82, 2.24) is 0 Å². The fourth-order valence-electron chi connectivity index (χ4n) is 2.11. The third kappa shape index (κ3) is 2.86. The van der Waals surface area contributed by atoms with Gasteiger partial charge in [-0.15, -0.1) is 11.8 Å². The lowest BCUT2D eigenvalue weighted by molar-refractivity contribution is 0.259. The van der Waals surface area contributed by atoms with Crippen molar-refractivity contribution in [3.63, 3.8) is 0 Å². The van der Waals surface area contributed by atoms with E-state index < -0.39 is 0 Å². The molecular formula is C15H12Cl2OS. The lowest BCUT2D eigenvalue weighted by atomic mass is 10.1. The molecular weight excluding hydrogens is 299 g/mol. The summed E-state index contributed by atoms with van der Waals surface area (Å²) in [5, 5.41) is 1.09. The number of rotatable bonds is 3. The van der Waals surface area contributed by atoms with Crippen LogP contribution < -0.4 is 4.74 Å². The van der Waals surface area contributed by atoms with Crippen LogP contribution in [-0.2, 0) is 6.42 Å². The van der Waals surface area contributed by atoms with Crippen molar-refractivity contribution in [2.75, 3.05) is 5.75 Å². The van der Waals surface area contributed by atoms with E-state index in [9.17, 15) is 0 Å². The molecule has 4 heteroatoms. The van der Waals surface area contributed by atoms with Crippen molar-refractivity contribution in [2.45, 2.75) is 17.4 Å². The molecule has 1 aliphatic heterocycles. The second-order valence-corrected chi connectivity index (χ2v) is 6.30. The maximum absolute atomic E-state index is 6.16. The molecule has 1 atom stereocenters. The zero-order valence-electron chi connectivity index (χ0n) is 10.1. The van der Waals surface area contributed by atoms with Gasteiger partial charge in [0.15, 0.2) is 0 Å². The molecule has 1 nitrogen and oxygen atoms in total. The highest BCUT2D eigenvalue weighted by molar-refractivity contribution is 7.99. The Morgan fingerprint density at radius 3 is 2.68 bits per heavy atom. The molecule has 19 heavy (non-hydrogen) atoms. The Morgan fingerprint density at radius 2 is 1.89 bits per heavy atom. The van der Waals surface area contributed by atoms with Crippen molar-refractivity contribution in [3.8, 4) is 5.75 Å². The lowest BCUT2D eigenvalue weighted by Crippen LogP contribution is -2.15. The monoisotopic (exact) mass is 310 g/mol. The van der Waals surface area contributed by atoms with Crippen LogP contribution in [0.25, 0.3) is 0 Å². The highest BCUT2D eigenvalue weighted by Crippen LogP contribution is 2.41. The van der Waals surface area contributed by atoms with E-state index in [0.29, 0.717) is 10.0 Å². The Labute approximate surface area is 126 Å². The Hall–Kier alpha value is -0.830. The minimum atomic E-state index is 0.163. The van der Waals surface area contributed by atoms with E-state index >= 15 is 0 Å². The van der Waals surface area contributed by atoms with Gasteiger partial charge in [0.05, 0.1) is 5.02 Å². The summed E-state index contributed by atoms with van der Waals surface area (Å²) in [4.78, 5) is 1.26. The molecule has 0 radical (unpaired) electrons. The predicted octanol–water partition coefficient (Wildman–Crippen LogP) is 5.09. The Morgan fingerprint density at radius 1 is 1.11 bits per heavy atom. The second kappa shape index (κ2) is 5.66. The van der Waals surface area contributed by atoms with E-state index in [0.717, 1.165) is 23.5 Å². The molecule has 0 spiro atoms. The SMILES string of the molecule is Clc1ccc2c(c1Cl)O[C@@H](CSc1ccccc1)C2. The first-order valence-electron chi connectivity index (χ1n) is 6.05. The van der Waals surface area contributed by atoms with E-state index in [4.69, 9.17) is 27.9 Å². The van der Waals surface area contributed by atoms with Gasteiger partial charge in [-0.1, -0.05) is 47.5 Å². The summed E-state index contributed by atoms with van der Waals surface area (Å²) >= 11 is 14.0. The fraction of sp³-hybridized carbons (Fsp3) is 0.200. The molecule has 1 aliphatic rings. The first-order valence-corrected chi connectivity index (χ1v) is 7.79. The zero-order chi connectivity index (χ0) is 13.2. The van der Waals surface area contributed by atoms with Crippen molar-refractivity contribution in [2.24, 2.45) is 0 Å². The molecule has 0 bridgehead atoms. The number of hydrogen-bond acceptors (Lipinski definition) is 2. The summed E-state index contributed by atoms with van der Waals surface area (Å²) in [6.45, 7) is 0. The van der Waals surface area contributed by atoms with Crippen LogP contribution in [0.4, 0.5) is 0 Å². The van der Waals surface area contributed by atoms with E-state index in [2.05, 4.69) is 12.1 Å². The molecule has 0 unspecified atom stereocenters. The third-order valence-corrected chi connectivity index (χ3v) is 4.97. The molecule has 2 aromatic rings. The molecule has 98 valence electrons. The topological polar surface area (TPSA) is 9.23 Å². The summed E-state index contributed by atoms with van der Waals surface area (Å²) in [6, 6.07) is 14.2. The van der Waals surface area contributed by atoms with Gasteiger partial charge in [0.25, 0.3) is 0 Å². The molecule has 0 N–H and O–H groups in total. The smallest absolute Gasteiger partial charge is 0.143 e. The van der Waals surface area contributed by atoms with Crippen molar-refractivity contribution in [1.29, 1.82) is 0 Å².